The summed E-state index contributed by atoms with van der Waals surface area (Å²) < 4.78 is 1.08. The fourth-order valence-corrected chi connectivity index (χ4v) is 3.83. The number of aromatic nitrogens is 2. The Bertz CT molecular complexity index is 554. The predicted octanol–water partition coefficient (Wildman–Crippen LogP) is 2.90. The van der Waals surface area contributed by atoms with E-state index in [1.165, 1.54) is 6.42 Å². The molecule has 3 heterocycles. The molecule has 3 rings (SSSR count). The normalized spacial score (nSPS) is 19.1. The second-order valence-corrected chi connectivity index (χ2v) is 6.46. The SMILES string of the molecule is NCC1CCCN1c1ccc(-c2cc(Br)cs2)nn1. The lowest BCUT2D eigenvalue weighted by molar-refractivity contribution is 0.668. The molecule has 0 amide bonds. The Morgan fingerprint density at radius 1 is 1.42 bits per heavy atom. The number of hydrogen-bond acceptors (Lipinski definition) is 5. The topological polar surface area (TPSA) is 55.0 Å². The second kappa shape index (κ2) is 5.56. The smallest absolute Gasteiger partial charge is 0.151 e. The van der Waals surface area contributed by atoms with E-state index in [9.17, 15) is 0 Å². The molecule has 0 bridgehead atoms. The van der Waals surface area contributed by atoms with Crippen LogP contribution in [-0.2, 0) is 0 Å². The highest BCUT2D eigenvalue weighted by atomic mass is 79.9. The number of rotatable bonds is 3. The maximum Gasteiger partial charge on any atom is 0.151 e. The summed E-state index contributed by atoms with van der Waals surface area (Å²) in [4.78, 5) is 3.39. The molecule has 1 fully saturated rings. The molecule has 1 aliphatic heterocycles. The average molecular weight is 339 g/mol. The van der Waals surface area contributed by atoms with Crippen molar-refractivity contribution in [2.75, 3.05) is 18.0 Å². The Morgan fingerprint density at radius 2 is 2.32 bits per heavy atom. The Balaban J connectivity index is 1.82. The van der Waals surface area contributed by atoms with Crippen LogP contribution in [0.3, 0.4) is 0 Å². The molecule has 1 saturated heterocycles. The molecule has 2 aromatic heterocycles. The first-order valence-corrected chi connectivity index (χ1v) is 8.00. The first-order valence-electron chi connectivity index (χ1n) is 6.33. The fourth-order valence-electron chi connectivity index (χ4n) is 2.44. The van der Waals surface area contributed by atoms with E-state index in [0.717, 1.165) is 33.8 Å². The van der Waals surface area contributed by atoms with E-state index in [4.69, 9.17) is 5.73 Å². The van der Waals surface area contributed by atoms with Gasteiger partial charge in [-0.1, -0.05) is 0 Å². The lowest BCUT2D eigenvalue weighted by Gasteiger charge is -2.23. The van der Waals surface area contributed by atoms with Crippen LogP contribution in [0.4, 0.5) is 5.82 Å². The highest BCUT2D eigenvalue weighted by Crippen LogP contribution is 2.29. The molecule has 0 aromatic carbocycles. The van der Waals surface area contributed by atoms with Gasteiger partial charge in [0.1, 0.15) is 5.69 Å². The van der Waals surface area contributed by atoms with Gasteiger partial charge in [-0.25, -0.2) is 0 Å². The molecule has 1 unspecified atom stereocenters. The third-order valence-corrected chi connectivity index (χ3v) is 5.13. The quantitative estimate of drug-likeness (QED) is 0.934. The van der Waals surface area contributed by atoms with Crippen LogP contribution >= 0.6 is 27.3 Å². The molecule has 0 saturated carbocycles. The van der Waals surface area contributed by atoms with Crippen molar-refractivity contribution in [3.8, 4) is 10.6 Å². The van der Waals surface area contributed by atoms with Gasteiger partial charge in [0, 0.05) is 29.0 Å². The van der Waals surface area contributed by atoms with Gasteiger partial charge in [-0.05, 0) is 47.0 Å². The zero-order valence-corrected chi connectivity index (χ0v) is 12.8. The zero-order valence-electron chi connectivity index (χ0n) is 10.4. The van der Waals surface area contributed by atoms with Crippen LogP contribution in [-0.4, -0.2) is 29.3 Å². The average Bonchev–Trinajstić information content (AvgIpc) is 3.07. The van der Waals surface area contributed by atoms with Crippen LogP contribution in [0.25, 0.3) is 10.6 Å². The monoisotopic (exact) mass is 338 g/mol. The summed E-state index contributed by atoms with van der Waals surface area (Å²) in [6, 6.07) is 6.56. The molecule has 1 atom stereocenters. The third-order valence-electron chi connectivity index (χ3n) is 3.41. The maximum absolute atomic E-state index is 5.79. The highest BCUT2D eigenvalue weighted by Gasteiger charge is 2.24. The van der Waals surface area contributed by atoms with Gasteiger partial charge in [-0.3, -0.25) is 0 Å². The minimum absolute atomic E-state index is 0.413. The molecule has 0 spiro atoms. The summed E-state index contributed by atoms with van der Waals surface area (Å²) in [6.07, 6.45) is 2.33. The summed E-state index contributed by atoms with van der Waals surface area (Å²) in [7, 11) is 0. The number of hydrogen-bond donors (Lipinski definition) is 1. The number of anilines is 1. The van der Waals surface area contributed by atoms with Gasteiger partial charge >= 0.3 is 0 Å². The lowest BCUT2D eigenvalue weighted by Crippen LogP contribution is -2.36. The van der Waals surface area contributed by atoms with E-state index in [0.29, 0.717) is 12.6 Å². The number of nitrogens with two attached hydrogens (primary N) is 1. The van der Waals surface area contributed by atoms with Crippen molar-refractivity contribution in [1.82, 2.24) is 10.2 Å². The van der Waals surface area contributed by atoms with Gasteiger partial charge < -0.3 is 10.6 Å². The Morgan fingerprint density at radius 3 is 2.95 bits per heavy atom. The van der Waals surface area contributed by atoms with Gasteiger partial charge in [0.15, 0.2) is 5.82 Å². The van der Waals surface area contributed by atoms with E-state index in [1.807, 2.05) is 12.1 Å². The molecular weight excluding hydrogens is 324 g/mol. The summed E-state index contributed by atoms with van der Waals surface area (Å²) in [5.74, 6) is 0.937. The van der Waals surface area contributed by atoms with E-state index < -0.39 is 0 Å². The van der Waals surface area contributed by atoms with Crippen LogP contribution in [0.5, 0.6) is 0 Å². The van der Waals surface area contributed by atoms with E-state index >= 15 is 0 Å². The van der Waals surface area contributed by atoms with E-state index in [1.54, 1.807) is 11.3 Å². The van der Waals surface area contributed by atoms with Crippen LogP contribution in [0.15, 0.2) is 28.1 Å². The number of nitrogens with zero attached hydrogens (tertiary/aromatic N) is 3. The third kappa shape index (κ3) is 2.66. The Labute approximate surface area is 124 Å². The molecule has 6 heteroatoms. The summed E-state index contributed by atoms with van der Waals surface area (Å²) in [5, 5.41) is 10.7. The van der Waals surface area contributed by atoms with Gasteiger partial charge in [0.05, 0.1) is 4.88 Å². The Kier molecular flexibility index (Phi) is 3.81. The van der Waals surface area contributed by atoms with Crippen LogP contribution in [0.1, 0.15) is 12.8 Å². The maximum atomic E-state index is 5.79. The molecule has 2 aromatic rings. The molecular formula is C13H15BrN4S. The van der Waals surface area contributed by atoms with Crippen LogP contribution in [0, 0.1) is 0 Å². The summed E-state index contributed by atoms with van der Waals surface area (Å²) >= 11 is 5.12. The minimum atomic E-state index is 0.413. The molecule has 2 N–H and O–H groups in total. The van der Waals surface area contributed by atoms with Gasteiger partial charge in [0.2, 0.25) is 0 Å². The number of thiophene rings is 1. The lowest BCUT2D eigenvalue weighted by atomic mass is 10.2. The van der Waals surface area contributed by atoms with Gasteiger partial charge in [-0.15, -0.1) is 21.5 Å². The number of halogens is 1. The van der Waals surface area contributed by atoms with Crippen molar-refractivity contribution < 1.29 is 0 Å². The Hall–Kier alpha value is -0.980. The first kappa shape index (κ1) is 13.0. The largest absolute Gasteiger partial charge is 0.351 e. The fraction of sp³-hybridized carbons (Fsp3) is 0.385. The molecule has 4 nitrogen and oxygen atoms in total. The van der Waals surface area contributed by atoms with Crippen molar-refractivity contribution in [2.45, 2.75) is 18.9 Å². The molecule has 0 aliphatic carbocycles. The standard InChI is InChI=1S/C13H15BrN4S/c14-9-6-12(19-8-9)11-3-4-13(17-16-11)18-5-1-2-10(18)7-15/h3-4,6,8,10H,1-2,5,7,15H2. The zero-order chi connectivity index (χ0) is 13.2. The van der Waals surface area contributed by atoms with Crippen LogP contribution in [0.2, 0.25) is 0 Å². The molecule has 0 radical (unpaired) electrons. The van der Waals surface area contributed by atoms with Crippen LogP contribution < -0.4 is 10.6 Å². The molecule has 100 valence electrons. The molecule has 1 aliphatic rings. The summed E-state index contributed by atoms with van der Waals surface area (Å²) in [5.41, 5.74) is 6.71. The molecule has 19 heavy (non-hydrogen) atoms. The van der Waals surface area contributed by atoms with Crippen molar-refractivity contribution in [3.05, 3.63) is 28.1 Å². The summed E-state index contributed by atoms with van der Waals surface area (Å²) in [6.45, 7) is 1.71. The van der Waals surface area contributed by atoms with E-state index in [-0.39, 0.29) is 0 Å². The first-order chi connectivity index (χ1) is 9.28. The highest BCUT2D eigenvalue weighted by molar-refractivity contribution is 9.10. The van der Waals surface area contributed by atoms with Gasteiger partial charge in [0.25, 0.3) is 0 Å². The van der Waals surface area contributed by atoms with E-state index in [2.05, 4.69) is 42.5 Å². The van der Waals surface area contributed by atoms with Crippen molar-refractivity contribution >= 4 is 33.1 Å². The van der Waals surface area contributed by atoms with Gasteiger partial charge in [-0.2, -0.15) is 0 Å². The minimum Gasteiger partial charge on any atom is -0.351 e. The predicted molar refractivity (Wildman–Crippen MR) is 82.5 cm³/mol. The van der Waals surface area contributed by atoms with Crippen molar-refractivity contribution in [2.24, 2.45) is 5.73 Å². The van der Waals surface area contributed by atoms with Crippen molar-refractivity contribution in [3.63, 3.8) is 0 Å². The second-order valence-electron chi connectivity index (χ2n) is 4.63. The van der Waals surface area contributed by atoms with Crippen molar-refractivity contribution in [1.29, 1.82) is 0 Å².